The summed E-state index contributed by atoms with van der Waals surface area (Å²) in [5.41, 5.74) is 3.29. The van der Waals surface area contributed by atoms with Crippen molar-refractivity contribution in [3.8, 4) is 0 Å². The fourth-order valence-electron chi connectivity index (χ4n) is 5.83. The first-order valence-corrected chi connectivity index (χ1v) is 20.0. The third kappa shape index (κ3) is 34.2. The molecule has 0 aromatic rings. The average molecular weight is 620 g/mol. The normalized spacial score (nSPS) is 13.5. The van der Waals surface area contributed by atoms with Gasteiger partial charge in [-0.15, -0.1) is 0 Å². The highest BCUT2D eigenvalue weighted by atomic mass is 16.6. The molecule has 1 N–H and O–H groups in total. The Balaban J connectivity index is 3.44. The zero-order chi connectivity index (χ0) is 32.0. The van der Waals surface area contributed by atoms with Crippen LogP contribution in [0.15, 0.2) is 24.3 Å². The fourth-order valence-corrected chi connectivity index (χ4v) is 5.83. The molecule has 0 heterocycles. The minimum Gasteiger partial charge on any atom is -0.377 e. The highest BCUT2D eigenvalue weighted by Gasteiger charge is 2.15. The van der Waals surface area contributed by atoms with Crippen molar-refractivity contribution in [2.24, 2.45) is 0 Å². The van der Waals surface area contributed by atoms with Gasteiger partial charge in [-0.05, 0) is 77.6 Å². The Labute approximate surface area is 278 Å². The minimum atomic E-state index is 0.197. The average Bonchev–Trinajstić information content (AvgIpc) is 3.03. The van der Waals surface area contributed by atoms with Crippen LogP contribution in [0.5, 0.6) is 0 Å². The summed E-state index contributed by atoms with van der Waals surface area (Å²) in [4.78, 5) is 5.82. The van der Waals surface area contributed by atoms with Gasteiger partial charge in [0, 0.05) is 6.61 Å². The second-order valence-electron chi connectivity index (χ2n) is 13.4. The summed E-state index contributed by atoms with van der Waals surface area (Å²) in [5, 5.41) is 0. The molecule has 2 atom stereocenters. The van der Waals surface area contributed by atoms with E-state index in [0.717, 1.165) is 26.1 Å². The molecule has 2 unspecified atom stereocenters. The number of unbranched alkanes of at least 4 members (excludes halogenated alkanes) is 24. The largest absolute Gasteiger partial charge is 0.377 e. The predicted octanol–water partition coefficient (Wildman–Crippen LogP) is 13.8. The molecule has 0 fully saturated rings. The summed E-state index contributed by atoms with van der Waals surface area (Å²) in [5.74, 6) is 0. The molecule has 0 radical (unpaired) electrons. The monoisotopic (exact) mass is 620 g/mol. The summed E-state index contributed by atoms with van der Waals surface area (Å²) >= 11 is 0. The van der Waals surface area contributed by atoms with E-state index in [-0.39, 0.29) is 12.1 Å². The number of hydrogen-bond acceptors (Lipinski definition) is 3. The molecular weight excluding hydrogens is 538 g/mol. The molecule has 0 saturated heterocycles. The zero-order valence-corrected chi connectivity index (χ0v) is 30.7. The van der Waals surface area contributed by atoms with Crippen molar-refractivity contribution in [3.63, 3.8) is 0 Å². The van der Waals surface area contributed by atoms with Gasteiger partial charge in [0.25, 0.3) is 0 Å². The Morgan fingerprint density at radius 2 is 0.773 bits per heavy atom. The third-order valence-corrected chi connectivity index (χ3v) is 9.04. The quantitative estimate of drug-likeness (QED) is 0.0426. The van der Waals surface area contributed by atoms with E-state index in [1.165, 1.54) is 173 Å². The van der Waals surface area contributed by atoms with E-state index in [2.05, 4.69) is 57.5 Å². The topological polar surface area (TPSA) is 30.5 Å². The lowest BCUT2D eigenvalue weighted by Gasteiger charge is -2.24. The summed E-state index contributed by atoms with van der Waals surface area (Å²) < 4.78 is 6.15. The van der Waals surface area contributed by atoms with Gasteiger partial charge in [-0.1, -0.05) is 161 Å². The van der Waals surface area contributed by atoms with Gasteiger partial charge in [0.2, 0.25) is 0 Å². The van der Waals surface area contributed by atoms with Crippen LogP contribution in [-0.4, -0.2) is 25.4 Å². The Kier molecular flexibility index (Phi) is 38.0. The summed E-state index contributed by atoms with van der Waals surface area (Å²) in [6.07, 6.45) is 48.5. The van der Waals surface area contributed by atoms with E-state index in [1.54, 1.807) is 0 Å². The van der Waals surface area contributed by atoms with Crippen LogP contribution < -0.4 is 5.48 Å². The lowest BCUT2D eigenvalue weighted by Crippen LogP contribution is -2.39. The van der Waals surface area contributed by atoms with E-state index in [4.69, 9.17) is 9.57 Å². The van der Waals surface area contributed by atoms with Crippen LogP contribution in [0.2, 0.25) is 0 Å². The highest BCUT2D eigenvalue weighted by Crippen LogP contribution is 2.12. The molecule has 0 aliphatic carbocycles. The molecule has 0 saturated carbocycles. The zero-order valence-electron chi connectivity index (χ0n) is 30.7. The van der Waals surface area contributed by atoms with Gasteiger partial charge in [0.05, 0.1) is 18.8 Å². The molecule has 3 heteroatoms. The molecule has 0 aromatic heterocycles. The molecule has 0 rings (SSSR count). The summed E-state index contributed by atoms with van der Waals surface area (Å²) in [7, 11) is 0. The number of ether oxygens (including phenoxy) is 1. The highest BCUT2D eigenvalue weighted by molar-refractivity contribution is 4.82. The molecular formula is C41H81NO2. The second-order valence-corrected chi connectivity index (χ2v) is 13.4. The first-order chi connectivity index (χ1) is 21.8. The van der Waals surface area contributed by atoms with Crippen molar-refractivity contribution in [3.05, 3.63) is 24.3 Å². The van der Waals surface area contributed by atoms with Crippen molar-refractivity contribution in [2.45, 2.75) is 226 Å². The van der Waals surface area contributed by atoms with Crippen LogP contribution in [-0.2, 0) is 9.57 Å². The van der Waals surface area contributed by atoms with Crippen molar-refractivity contribution < 1.29 is 9.57 Å². The maximum Gasteiger partial charge on any atom is 0.0722 e. The number of hydroxylamine groups is 1. The molecule has 0 aliphatic rings. The molecule has 3 nitrogen and oxygen atoms in total. The van der Waals surface area contributed by atoms with Gasteiger partial charge in [-0.2, -0.15) is 5.48 Å². The molecule has 262 valence electrons. The number of allylic oxidation sites excluding steroid dienone is 4. The van der Waals surface area contributed by atoms with Crippen LogP contribution in [0.25, 0.3) is 0 Å². The van der Waals surface area contributed by atoms with Crippen molar-refractivity contribution in [1.29, 1.82) is 0 Å². The van der Waals surface area contributed by atoms with Gasteiger partial charge in [-0.3, -0.25) is 0 Å². The van der Waals surface area contributed by atoms with Crippen molar-refractivity contribution in [2.75, 3.05) is 13.2 Å². The van der Waals surface area contributed by atoms with Crippen molar-refractivity contribution in [1.82, 2.24) is 5.48 Å². The standard InChI is InChI=1S/C41H81NO2/c1-5-8-10-12-14-16-18-20-22-24-26-28-30-32-34-36-38-43-40(4)41(7-3)42-44-39-37-35-33-31-29-27-25-23-21-19-17-15-13-11-9-6-2/h20-23,40-42H,5-19,24-39H2,1-4H3/b22-20-,23-21-. The molecule has 44 heavy (non-hydrogen) atoms. The first kappa shape index (κ1) is 43.4. The van der Waals surface area contributed by atoms with Crippen LogP contribution >= 0.6 is 0 Å². The van der Waals surface area contributed by atoms with Crippen LogP contribution in [0, 0.1) is 0 Å². The first-order valence-electron chi connectivity index (χ1n) is 20.0. The smallest absolute Gasteiger partial charge is 0.0722 e. The third-order valence-electron chi connectivity index (χ3n) is 9.04. The Bertz CT molecular complexity index is 575. The van der Waals surface area contributed by atoms with Crippen LogP contribution in [0.1, 0.15) is 214 Å². The van der Waals surface area contributed by atoms with Gasteiger partial charge in [0.1, 0.15) is 0 Å². The summed E-state index contributed by atoms with van der Waals surface area (Å²) in [6.45, 7) is 10.7. The Morgan fingerprint density at radius 3 is 1.16 bits per heavy atom. The summed E-state index contributed by atoms with van der Waals surface area (Å²) in [6, 6.07) is 0.276. The van der Waals surface area contributed by atoms with E-state index >= 15 is 0 Å². The van der Waals surface area contributed by atoms with E-state index in [0.29, 0.717) is 0 Å². The second kappa shape index (κ2) is 38.5. The Hall–Kier alpha value is -0.640. The SMILES string of the molecule is CCCCCCCC/C=C\CCCCCCCCONC(CC)C(C)OCCCCCCCC/C=C\CCCCCCCC. The molecule has 0 spiro atoms. The van der Waals surface area contributed by atoms with Crippen LogP contribution in [0.4, 0.5) is 0 Å². The minimum absolute atomic E-state index is 0.197. The molecule has 0 aromatic carbocycles. The van der Waals surface area contributed by atoms with Crippen LogP contribution in [0.3, 0.4) is 0 Å². The predicted molar refractivity (Wildman–Crippen MR) is 197 cm³/mol. The number of hydrogen-bond donors (Lipinski definition) is 1. The molecule has 0 bridgehead atoms. The lowest BCUT2D eigenvalue weighted by atomic mass is 10.1. The maximum atomic E-state index is 6.15. The van der Waals surface area contributed by atoms with Gasteiger partial charge in [0.15, 0.2) is 0 Å². The van der Waals surface area contributed by atoms with E-state index in [1.807, 2.05) is 0 Å². The Morgan fingerprint density at radius 1 is 0.432 bits per heavy atom. The molecule has 0 aliphatic heterocycles. The molecule has 0 amide bonds. The number of nitrogens with one attached hydrogen (secondary N) is 1. The maximum absolute atomic E-state index is 6.15. The van der Waals surface area contributed by atoms with E-state index < -0.39 is 0 Å². The van der Waals surface area contributed by atoms with Gasteiger partial charge < -0.3 is 9.57 Å². The van der Waals surface area contributed by atoms with Crippen molar-refractivity contribution >= 4 is 0 Å². The number of rotatable bonds is 37. The fraction of sp³-hybridized carbons (Fsp3) is 0.902. The van der Waals surface area contributed by atoms with E-state index in [9.17, 15) is 0 Å². The van der Waals surface area contributed by atoms with Gasteiger partial charge in [-0.25, -0.2) is 0 Å². The van der Waals surface area contributed by atoms with Gasteiger partial charge >= 0.3 is 0 Å². The lowest BCUT2D eigenvalue weighted by molar-refractivity contribution is -0.0453.